The van der Waals surface area contributed by atoms with E-state index in [2.05, 4.69) is 0 Å². The first-order valence-electron chi connectivity index (χ1n) is 7.42. The van der Waals surface area contributed by atoms with Crippen LogP contribution in [0.25, 0.3) is 0 Å². The van der Waals surface area contributed by atoms with Crippen LogP contribution in [0.4, 0.5) is 0 Å². The zero-order valence-corrected chi connectivity index (χ0v) is 17.3. The molecule has 0 saturated carbocycles. The molecule has 8 nitrogen and oxygen atoms in total. The van der Waals surface area contributed by atoms with E-state index in [0.29, 0.717) is 12.8 Å². The van der Waals surface area contributed by atoms with Crippen molar-refractivity contribution < 1.29 is 26.0 Å². The Hall–Kier alpha value is -1.66. The van der Waals surface area contributed by atoms with E-state index in [1.54, 1.807) is 12.1 Å². The number of benzene rings is 2. The first kappa shape index (κ1) is 20.6. The van der Waals surface area contributed by atoms with Crippen LogP contribution in [0.15, 0.2) is 36.4 Å². The van der Waals surface area contributed by atoms with Gasteiger partial charge < -0.3 is 0 Å². The summed E-state index contributed by atoms with van der Waals surface area (Å²) in [5.74, 6) is -1.46. The van der Waals surface area contributed by atoms with Crippen molar-refractivity contribution in [3.63, 3.8) is 0 Å². The molecule has 2 aromatic rings. The molecule has 0 fully saturated rings. The quantitative estimate of drug-likeness (QED) is 0.230. The Labute approximate surface area is 160 Å². The van der Waals surface area contributed by atoms with Crippen LogP contribution >= 0.6 is 0 Å². The molecule has 138 valence electrons. The SMILES string of the molecule is NC(=O)c1cc(CCc2ccc([As](O)O)c(C(N)=O)c2)ccc1[As](O)O. The summed E-state index contributed by atoms with van der Waals surface area (Å²) in [5, 5.41) is 0. The normalized spacial score (nSPS) is 11.2. The van der Waals surface area contributed by atoms with Crippen molar-refractivity contribution in [3.05, 3.63) is 58.7 Å². The Kier molecular flexibility index (Phi) is 7.00. The van der Waals surface area contributed by atoms with Crippen molar-refractivity contribution in [1.29, 1.82) is 0 Å². The molecular formula is C16H18As2N2O6. The van der Waals surface area contributed by atoms with Crippen LogP contribution in [-0.4, -0.2) is 58.9 Å². The van der Waals surface area contributed by atoms with Crippen LogP contribution in [0.5, 0.6) is 0 Å². The Balaban J connectivity index is 2.24. The number of hydrogen-bond donors (Lipinski definition) is 6. The minimum atomic E-state index is -3.22. The van der Waals surface area contributed by atoms with Crippen LogP contribution in [0.2, 0.25) is 0 Å². The number of carbonyl (C=O) groups is 2. The van der Waals surface area contributed by atoms with Crippen molar-refractivity contribution >= 4 is 51.2 Å². The molecule has 26 heavy (non-hydrogen) atoms. The van der Waals surface area contributed by atoms with Gasteiger partial charge in [-0.2, -0.15) is 0 Å². The molecule has 2 amide bonds. The molecular weight excluding hydrogens is 466 g/mol. The standard InChI is InChI=1S/C16H18As2N2O6/c19-15(21)11-7-9(3-5-13(11)17(23)24)1-2-10-4-6-14(18(25)26)12(8-10)16(20)22/h3-8,23-26H,1-2H2,(H2,19,21)(H2,20,22). The summed E-state index contributed by atoms with van der Waals surface area (Å²) in [7, 11) is 0. The molecule has 0 aromatic heterocycles. The molecule has 0 atom stereocenters. The number of primary amides is 2. The van der Waals surface area contributed by atoms with Crippen LogP contribution in [0.1, 0.15) is 31.8 Å². The van der Waals surface area contributed by atoms with E-state index in [1.165, 1.54) is 24.3 Å². The summed E-state index contributed by atoms with van der Waals surface area (Å²) in [6.45, 7) is 0. The van der Waals surface area contributed by atoms with E-state index in [0.717, 1.165) is 11.1 Å². The Morgan fingerprint density at radius 3 is 1.35 bits per heavy atom. The topological polar surface area (TPSA) is 167 Å². The maximum absolute atomic E-state index is 11.5. The fourth-order valence-corrected chi connectivity index (χ4v) is 5.02. The van der Waals surface area contributed by atoms with Crippen molar-refractivity contribution in [2.75, 3.05) is 0 Å². The van der Waals surface area contributed by atoms with Crippen LogP contribution < -0.4 is 20.2 Å². The molecule has 0 radical (unpaired) electrons. The summed E-state index contributed by atoms with van der Waals surface area (Å²) in [6.07, 6.45) is 1.00. The second-order valence-electron chi connectivity index (χ2n) is 5.51. The van der Waals surface area contributed by atoms with Gasteiger partial charge >= 0.3 is 160 Å². The summed E-state index contributed by atoms with van der Waals surface area (Å²) in [4.78, 5) is 23.0. The number of amides is 2. The average molecular weight is 484 g/mol. The predicted octanol–water partition coefficient (Wildman–Crippen LogP) is -2.97. The number of hydrogen-bond acceptors (Lipinski definition) is 6. The summed E-state index contributed by atoms with van der Waals surface area (Å²) in [5.41, 5.74) is 12.3. The molecule has 0 spiro atoms. The second-order valence-corrected chi connectivity index (χ2v) is 9.96. The molecule has 0 bridgehead atoms. The first-order chi connectivity index (χ1) is 12.2. The Morgan fingerprint density at radius 1 is 0.731 bits per heavy atom. The minimum absolute atomic E-state index is 0.0929. The van der Waals surface area contributed by atoms with Gasteiger partial charge in [0.05, 0.1) is 0 Å². The third-order valence-corrected chi connectivity index (χ3v) is 7.23. The van der Waals surface area contributed by atoms with Gasteiger partial charge in [-0.25, -0.2) is 0 Å². The van der Waals surface area contributed by atoms with Gasteiger partial charge in [-0.05, 0) is 0 Å². The molecule has 0 unspecified atom stereocenters. The number of carbonyl (C=O) groups excluding carboxylic acids is 2. The molecule has 0 aliphatic rings. The van der Waals surface area contributed by atoms with Crippen LogP contribution in [0, 0.1) is 0 Å². The van der Waals surface area contributed by atoms with Gasteiger partial charge in [-0.1, -0.05) is 0 Å². The van der Waals surface area contributed by atoms with E-state index < -0.39 is 42.5 Å². The van der Waals surface area contributed by atoms with E-state index in [9.17, 15) is 26.0 Å². The number of nitrogens with two attached hydrogens (primary N) is 2. The fourth-order valence-electron chi connectivity index (χ4n) is 2.51. The van der Waals surface area contributed by atoms with Crippen molar-refractivity contribution in [2.24, 2.45) is 11.5 Å². The predicted molar refractivity (Wildman–Crippen MR) is 97.0 cm³/mol. The van der Waals surface area contributed by atoms with Gasteiger partial charge in [0.2, 0.25) is 0 Å². The first-order valence-corrected chi connectivity index (χ1v) is 12.6. The van der Waals surface area contributed by atoms with Gasteiger partial charge in [0.15, 0.2) is 0 Å². The van der Waals surface area contributed by atoms with Gasteiger partial charge in [-0.3, -0.25) is 0 Å². The maximum atomic E-state index is 11.5. The van der Waals surface area contributed by atoms with E-state index in [-0.39, 0.29) is 19.8 Å². The number of rotatable bonds is 7. The Bertz CT molecular complexity index is 772. The van der Waals surface area contributed by atoms with E-state index in [4.69, 9.17) is 11.5 Å². The molecule has 0 aliphatic carbocycles. The van der Waals surface area contributed by atoms with Gasteiger partial charge in [0, 0.05) is 0 Å². The van der Waals surface area contributed by atoms with Crippen molar-refractivity contribution in [2.45, 2.75) is 12.8 Å². The van der Waals surface area contributed by atoms with Crippen LogP contribution in [-0.2, 0) is 12.8 Å². The van der Waals surface area contributed by atoms with E-state index in [1.807, 2.05) is 0 Å². The Morgan fingerprint density at radius 2 is 1.08 bits per heavy atom. The average Bonchev–Trinajstić information content (AvgIpc) is 2.59. The molecule has 0 saturated heterocycles. The third-order valence-electron chi connectivity index (χ3n) is 3.79. The number of aryl methyl sites for hydroxylation is 2. The van der Waals surface area contributed by atoms with Gasteiger partial charge in [0.25, 0.3) is 0 Å². The zero-order valence-electron chi connectivity index (χ0n) is 13.5. The summed E-state index contributed by atoms with van der Waals surface area (Å²) >= 11 is -6.44. The second kappa shape index (κ2) is 8.82. The van der Waals surface area contributed by atoms with Crippen LogP contribution in [0.3, 0.4) is 0 Å². The molecule has 2 aromatic carbocycles. The molecule has 10 heteroatoms. The molecule has 0 aliphatic heterocycles. The molecule has 0 heterocycles. The van der Waals surface area contributed by atoms with Crippen molar-refractivity contribution in [1.82, 2.24) is 0 Å². The summed E-state index contributed by atoms with van der Waals surface area (Å²) in [6, 6.07) is 9.40. The third kappa shape index (κ3) is 4.95. The molecule has 2 rings (SSSR count). The van der Waals surface area contributed by atoms with E-state index >= 15 is 0 Å². The zero-order chi connectivity index (χ0) is 19.4. The van der Waals surface area contributed by atoms with Gasteiger partial charge in [0.1, 0.15) is 0 Å². The molecule has 8 N–H and O–H groups in total. The summed E-state index contributed by atoms with van der Waals surface area (Å²) < 4.78 is 38.0. The monoisotopic (exact) mass is 484 g/mol. The van der Waals surface area contributed by atoms with Gasteiger partial charge in [-0.15, -0.1) is 0 Å². The fraction of sp³-hybridized carbons (Fsp3) is 0.125. The van der Waals surface area contributed by atoms with Crippen molar-refractivity contribution in [3.8, 4) is 0 Å².